The van der Waals surface area contributed by atoms with Gasteiger partial charge in [0, 0.05) is 66.1 Å². The van der Waals surface area contributed by atoms with Gasteiger partial charge in [0.25, 0.3) is 52.1 Å². The number of rotatable bonds is 55. The Bertz CT molecular complexity index is 2470. The summed E-state index contributed by atoms with van der Waals surface area (Å²) in [6.45, 7) is 39.6. The molecule has 0 aliphatic carbocycles. The van der Waals surface area contributed by atoms with Gasteiger partial charge in [0.15, 0.2) is 49.9 Å². The molecular weight excluding hydrogens is 1560 g/mol. The van der Waals surface area contributed by atoms with Gasteiger partial charge in [-0.25, -0.2) is 0 Å². The molecule has 17 nitrogen and oxygen atoms in total. The van der Waals surface area contributed by atoms with Gasteiger partial charge < -0.3 is 77.1 Å². The van der Waals surface area contributed by atoms with Crippen molar-refractivity contribution in [3.8, 4) is 0 Å². The van der Waals surface area contributed by atoms with Crippen LogP contribution in [0.1, 0.15) is 182 Å². The number of quaternary nitrogens is 1. The van der Waals surface area contributed by atoms with Crippen molar-refractivity contribution in [1.29, 1.82) is 0 Å². The lowest BCUT2D eigenvalue weighted by Crippen LogP contribution is -3.05. The third kappa shape index (κ3) is 77.0. The molecule has 0 bridgehead atoms. The van der Waals surface area contributed by atoms with Crippen LogP contribution in [0.2, 0.25) is 147 Å². The lowest BCUT2D eigenvalue weighted by molar-refractivity contribution is -0.858. The van der Waals surface area contributed by atoms with E-state index in [1.165, 1.54) is 29.0 Å². The molecule has 4 N–H and O–H groups in total. The van der Waals surface area contributed by atoms with Gasteiger partial charge in [0.2, 0.25) is 0 Å². The summed E-state index contributed by atoms with van der Waals surface area (Å²) < 4.78 is 94.5. The summed E-state index contributed by atoms with van der Waals surface area (Å²) >= 11 is 0. The number of nitrogens with zero attached hydrogens (tertiary/aromatic N) is 2. The molecule has 0 heterocycles. The minimum absolute atomic E-state index is 0. The van der Waals surface area contributed by atoms with Crippen LogP contribution in [0, 0.1) is 13.8 Å². The van der Waals surface area contributed by atoms with Crippen molar-refractivity contribution in [3.05, 3.63) is 71.8 Å². The first-order chi connectivity index (χ1) is 48.9. The largest absolute Gasteiger partial charge is 1.00 e. The normalized spacial score (nSPS) is 11.5. The second-order valence-corrected chi connectivity index (χ2v) is 75.6. The first-order valence-electron chi connectivity index (χ1n) is 40.2. The summed E-state index contributed by atoms with van der Waals surface area (Å²) in [5, 5.41) is 8.31. The molecule has 0 fully saturated rings. The van der Waals surface area contributed by atoms with Crippen molar-refractivity contribution >= 4 is 120 Å². The van der Waals surface area contributed by atoms with Crippen molar-refractivity contribution in [2.75, 3.05) is 68.5 Å². The molecule has 624 valence electrons. The van der Waals surface area contributed by atoms with Gasteiger partial charge in [0.05, 0.1) is 20.6 Å². The van der Waals surface area contributed by atoms with Crippen LogP contribution in [0.25, 0.3) is 0 Å². The highest BCUT2D eigenvalue weighted by Gasteiger charge is 2.45. The van der Waals surface area contributed by atoms with Crippen molar-refractivity contribution in [2.24, 2.45) is 5.73 Å². The van der Waals surface area contributed by atoms with Gasteiger partial charge >= 0.3 is 5.97 Å². The second-order valence-electron chi connectivity index (χ2n) is 32.7. The van der Waals surface area contributed by atoms with Crippen molar-refractivity contribution in [1.82, 2.24) is 9.80 Å². The Labute approximate surface area is 678 Å². The number of ketones is 2. The van der Waals surface area contributed by atoms with Gasteiger partial charge in [0.1, 0.15) is 11.6 Å². The van der Waals surface area contributed by atoms with E-state index < -0.39 is 108 Å². The summed E-state index contributed by atoms with van der Waals surface area (Å²) in [6.07, 6.45) is 17.0. The Balaban J connectivity index is -0.000000307. The summed E-state index contributed by atoms with van der Waals surface area (Å²) in [5.41, 5.74) is 12.4. The lowest BCUT2D eigenvalue weighted by atomic mass is 10.1. The minimum Gasteiger partial charge on any atom is -1.00 e. The Morgan fingerprint density at radius 2 is 0.645 bits per heavy atom. The molecule has 0 saturated carbocycles. The zero-order valence-corrected chi connectivity index (χ0v) is 84.6. The number of carboxylic acid groups (broad SMARTS) is 1. The van der Waals surface area contributed by atoms with Crippen LogP contribution < -0.4 is 23.0 Å². The summed E-state index contributed by atoms with van der Waals surface area (Å²) in [5.74, 6) is 0.0483. The molecule has 30 heteroatoms. The quantitative estimate of drug-likeness (QED) is 0.0412. The number of hydrogen-bond acceptors (Lipinski definition) is 15. The highest BCUT2D eigenvalue weighted by atomic mass is 35.5. The zero-order valence-electron chi connectivity index (χ0n) is 71.8. The number of Topliss-reactive ketones (excluding diaryl/α,β-unsaturated/α-hetero) is 2. The highest BCUT2D eigenvalue weighted by Crippen LogP contribution is 2.33. The summed E-state index contributed by atoms with van der Waals surface area (Å²) in [6, 6.07) is 27.5. The third-order valence-corrected chi connectivity index (χ3v) is 63.1. The summed E-state index contributed by atoms with van der Waals surface area (Å²) in [4.78, 5) is 40.3. The van der Waals surface area contributed by atoms with Gasteiger partial charge in [-0.1, -0.05) is 146 Å². The van der Waals surface area contributed by atoms with Crippen LogP contribution in [0.15, 0.2) is 60.7 Å². The fourth-order valence-electron chi connectivity index (χ4n) is 12.0. The Morgan fingerprint density at radius 3 is 0.850 bits per heavy atom. The van der Waals surface area contributed by atoms with E-state index in [2.05, 4.69) is 135 Å². The molecule has 0 radical (unpaired) electrons. The van der Waals surface area contributed by atoms with E-state index in [-0.39, 0.29) is 19.8 Å². The fourth-order valence-corrected chi connectivity index (χ4v) is 69.5. The SMILES string of the molecule is C.CC[Si](=O)C[Si](CCCCC(=O)CCCCCN(C)C)(C[Si](=O)CC)O[Si](C)(C)C.CC[Si](=O)C[Si](CCCCC(=O)CCCCC[NH+](C)C)(C[Si](=O)CC)O[Si](C)(C)C.CC[Si](=O)C[Si](CCCN)(C[Si](=O)CC)O[Si](C)(C)C.CN(C)CCCCCC(=O)O.Cc1ccccc1.Cc1ccccc1.[Cl-]. The average Bonchev–Trinajstić information content (AvgIpc) is 0.838. The summed E-state index contributed by atoms with van der Waals surface area (Å²) in [7, 11) is -9.49. The topological polar surface area (TPSA) is 238 Å². The Kier molecular flexibility index (Phi) is 75.2. The smallest absolute Gasteiger partial charge is 0.303 e. The van der Waals surface area contributed by atoms with Crippen LogP contribution in [0.4, 0.5) is 0 Å². The van der Waals surface area contributed by atoms with E-state index in [0.29, 0.717) is 108 Å². The maximum atomic E-state index is 12.5. The molecule has 2 aromatic carbocycles. The maximum Gasteiger partial charge on any atom is 0.303 e. The van der Waals surface area contributed by atoms with Crippen LogP contribution in [-0.2, 0) is 53.5 Å². The number of unbranched alkanes of at least 4 members (excludes halogenated alkanes) is 8. The van der Waals surface area contributed by atoms with E-state index in [9.17, 15) is 41.2 Å². The van der Waals surface area contributed by atoms with Gasteiger partial charge in [-0.05, 0) is 239 Å². The number of carbonyl (C=O) groups is 3. The van der Waals surface area contributed by atoms with E-state index in [1.54, 1.807) is 0 Å². The van der Waals surface area contributed by atoms with Gasteiger partial charge in [-0.15, -0.1) is 0 Å². The monoisotopic (exact) mass is 1720 g/mol. The number of hydrogen-bond donors (Lipinski definition) is 3. The third-order valence-electron chi connectivity index (χ3n) is 17.1. The molecule has 0 amide bonds. The molecule has 0 aliphatic rings. The molecule has 0 atom stereocenters. The molecule has 0 aliphatic heterocycles. The van der Waals surface area contributed by atoms with E-state index in [0.717, 1.165) is 127 Å². The number of benzene rings is 2. The van der Waals surface area contributed by atoms with E-state index in [1.807, 2.05) is 92.0 Å². The van der Waals surface area contributed by atoms with Crippen molar-refractivity contribution in [2.45, 2.75) is 332 Å². The average molecular weight is 1730 g/mol. The number of carbonyl (C=O) groups excluding carboxylic acids is 2. The maximum absolute atomic E-state index is 12.5. The number of aliphatic carboxylic acids is 1. The van der Waals surface area contributed by atoms with Crippen LogP contribution >= 0.6 is 0 Å². The van der Waals surface area contributed by atoms with Crippen LogP contribution in [0.3, 0.4) is 0 Å². The second kappa shape index (κ2) is 69.0. The van der Waals surface area contributed by atoms with E-state index in [4.69, 9.17) is 23.2 Å². The number of aryl methyl sites for hydroxylation is 2. The molecule has 0 aromatic heterocycles. The predicted octanol–water partition coefficient (Wildman–Crippen LogP) is 15.7. The molecule has 2 aromatic rings. The molecule has 0 spiro atoms. The van der Waals surface area contributed by atoms with Crippen molar-refractivity contribution in [3.63, 3.8) is 0 Å². The number of carboxylic acids is 1. The molecule has 0 unspecified atom stereocenters. The Hall–Kier alpha value is -1.34. The number of halogens is 1. The molecule has 0 saturated heterocycles. The fraction of sp³-hybridized carbons (Fsp3) is 0.805. The van der Waals surface area contributed by atoms with Gasteiger partial charge in [-0.3, -0.25) is 14.4 Å². The zero-order chi connectivity index (χ0) is 81.1. The Morgan fingerprint density at radius 1 is 0.402 bits per heavy atom. The van der Waals surface area contributed by atoms with Crippen LogP contribution in [0.5, 0.6) is 0 Å². The minimum atomic E-state index is -2.31. The molecule has 2 rings (SSSR count). The van der Waals surface area contributed by atoms with E-state index >= 15 is 0 Å². The predicted molar refractivity (Wildman–Crippen MR) is 474 cm³/mol. The first-order valence-corrected chi connectivity index (χ1v) is 69.0. The van der Waals surface area contributed by atoms with Gasteiger partial charge in [-0.2, -0.15) is 0 Å². The highest BCUT2D eigenvalue weighted by molar-refractivity contribution is 6.95. The first kappa shape index (κ1) is 117. The number of nitrogens with one attached hydrogen (secondary N) is 1. The van der Waals surface area contributed by atoms with Crippen molar-refractivity contribution < 1.29 is 75.9 Å². The lowest BCUT2D eigenvalue weighted by Gasteiger charge is -2.37. The standard InChI is InChI=1S/2C21H47NO4Si4.C12H31NO3Si4.C8H17NO2.2C7H8.CH4.ClH/c2*1-8-27(24)19-30(20-28(25)9-2,26-29(5,6)7)18-14-12-16-21(23)15-11-10-13-17-22(3)4;1-6-17(14)11-20(10-8-9-13,12-18(15)7-2)16-19(3,4)5;1-9(2)7-5-3-4-6-8(10)11;2*1-7-5-3-2-4-6-7;;/h2*8-20H2,1-7H3;6-13H2,1-5H3;3-7H2,1-2H3,(H,10,11);2*2-6H,1H3;1H4;1H. The molecule has 107 heavy (non-hydrogen) atoms. The number of nitrogens with two attached hydrogens (primary N) is 1. The van der Waals surface area contributed by atoms with Crippen LogP contribution in [-0.4, -0.2) is 203 Å². The molecular formula is C77H163ClN4O13Si12.